The Labute approximate surface area is 176 Å². The van der Waals surface area contributed by atoms with Gasteiger partial charge in [-0.3, -0.25) is 9.59 Å². The van der Waals surface area contributed by atoms with E-state index in [1.165, 1.54) is 24.3 Å². The molecular formula is C22H18BrFN2O3. The molecule has 0 aliphatic rings. The van der Waals surface area contributed by atoms with Gasteiger partial charge in [0.05, 0.1) is 0 Å². The second-order valence-corrected chi connectivity index (χ2v) is 7.14. The van der Waals surface area contributed by atoms with E-state index in [4.69, 9.17) is 4.74 Å². The zero-order valence-electron chi connectivity index (χ0n) is 15.5. The number of nitrogens with one attached hydrogen (secondary N) is 2. The highest BCUT2D eigenvalue weighted by Crippen LogP contribution is 2.21. The van der Waals surface area contributed by atoms with Gasteiger partial charge in [0, 0.05) is 21.4 Å². The number of anilines is 2. The molecule has 0 unspecified atom stereocenters. The molecule has 3 aromatic carbocycles. The average Bonchev–Trinajstić information content (AvgIpc) is 2.71. The van der Waals surface area contributed by atoms with E-state index in [0.717, 1.165) is 10.0 Å². The summed E-state index contributed by atoms with van der Waals surface area (Å²) in [7, 11) is 0. The van der Waals surface area contributed by atoms with Crippen LogP contribution < -0.4 is 15.4 Å². The van der Waals surface area contributed by atoms with Gasteiger partial charge < -0.3 is 15.4 Å². The molecule has 148 valence electrons. The summed E-state index contributed by atoms with van der Waals surface area (Å²) in [4.78, 5) is 24.5. The van der Waals surface area contributed by atoms with E-state index >= 15 is 0 Å². The number of hydrogen-bond acceptors (Lipinski definition) is 3. The number of carbonyl (C=O) groups excluding carboxylic acids is 2. The van der Waals surface area contributed by atoms with Crippen LogP contribution in [0.4, 0.5) is 15.8 Å². The third kappa shape index (κ3) is 5.89. The number of halogens is 2. The van der Waals surface area contributed by atoms with E-state index in [1.807, 2.05) is 19.1 Å². The number of ether oxygens (including phenoxy) is 1. The zero-order chi connectivity index (χ0) is 20.8. The molecule has 0 saturated heterocycles. The monoisotopic (exact) mass is 456 g/mol. The third-order valence-corrected chi connectivity index (χ3v) is 4.90. The molecule has 0 aliphatic heterocycles. The first kappa shape index (κ1) is 20.5. The van der Waals surface area contributed by atoms with Crippen molar-refractivity contribution in [2.45, 2.75) is 6.92 Å². The first-order chi connectivity index (χ1) is 13.9. The van der Waals surface area contributed by atoms with E-state index in [9.17, 15) is 14.0 Å². The summed E-state index contributed by atoms with van der Waals surface area (Å²) >= 11 is 3.41. The number of carbonyl (C=O) groups is 2. The summed E-state index contributed by atoms with van der Waals surface area (Å²) in [6.07, 6.45) is 0. The normalized spacial score (nSPS) is 10.3. The fourth-order valence-electron chi connectivity index (χ4n) is 2.53. The fraction of sp³-hybridized carbons (Fsp3) is 0.0909. The van der Waals surface area contributed by atoms with Crippen LogP contribution in [0.15, 0.2) is 71.2 Å². The molecule has 0 fully saturated rings. The molecule has 5 nitrogen and oxygen atoms in total. The van der Waals surface area contributed by atoms with Crippen LogP contribution in [-0.4, -0.2) is 18.4 Å². The van der Waals surface area contributed by atoms with Gasteiger partial charge in [-0.1, -0.05) is 22.0 Å². The predicted molar refractivity (Wildman–Crippen MR) is 114 cm³/mol. The second-order valence-electron chi connectivity index (χ2n) is 6.29. The molecule has 0 atom stereocenters. The molecule has 0 heterocycles. The molecule has 29 heavy (non-hydrogen) atoms. The van der Waals surface area contributed by atoms with Crippen molar-refractivity contribution in [1.29, 1.82) is 0 Å². The lowest BCUT2D eigenvalue weighted by Crippen LogP contribution is -2.20. The maximum Gasteiger partial charge on any atom is 0.262 e. The first-order valence-electron chi connectivity index (χ1n) is 8.76. The van der Waals surface area contributed by atoms with Crippen LogP contribution in [-0.2, 0) is 4.79 Å². The number of benzene rings is 3. The smallest absolute Gasteiger partial charge is 0.262 e. The maximum atomic E-state index is 13.0. The minimum absolute atomic E-state index is 0.160. The van der Waals surface area contributed by atoms with E-state index in [-0.39, 0.29) is 24.2 Å². The Morgan fingerprint density at radius 3 is 2.45 bits per heavy atom. The molecule has 2 N–H and O–H groups in total. The quantitative estimate of drug-likeness (QED) is 0.537. The van der Waals surface area contributed by atoms with E-state index in [2.05, 4.69) is 26.6 Å². The molecule has 2 amide bonds. The zero-order valence-corrected chi connectivity index (χ0v) is 17.1. The van der Waals surface area contributed by atoms with Gasteiger partial charge in [-0.15, -0.1) is 0 Å². The van der Waals surface area contributed by atoms with Crippen molar-refractivity contribution in [1.82, 2.24) is 0 Å². The molecular weight excluding hydrogens is 439 g/mol. The van der Waals surface area contributed by atoms with Crippen LogP contribution in [0.25, 0.3) is 0 Å². The Bertz CT molecular complexity index is 1040. The summed E-state index contributed by atoms with van der Waals surface area (Å²) in [5.41, 5.74) is 2.31. The Kier molecular flexibility index (Phi) is 6.61. The molecule has 0 radical (unpaired) electrons. The number of aryl methyl sites for hydroxylation is 1. The third-order valence-electron chi connectivity index (χ3n) is 4.01. The SMILES string of the molecule is Cc1cc(OCC(=O)Nc2cccc(C(=O)Nc3ccc(F)cc3)c2)ccc1Br. The van der Waals surface area contributed by atoms with Crippen LogP contribution in [0.5, 0.6) is 5.75 Å². The molecule has 3 rings (SSSR count). The Hall–Kier alpha value is -3.19. The maximum absolute atomic E-state index is 13.0. The van der Waals surface area contributed by atoms with Gasteiger partial charge in [-0.25, -0.2) is 4.39 Å². The average molecular weight is 457 g/mol. The van der Waals surface area contributed by atoms with Crippen LogP contribution in [0.1, 0.15) is 15.9 Å². The van der Waals surface area contributed by atoms with Crippen LogP contribution >= 0.6 is 15.9 Å². The van der Waals surface area contributed by atoms with Crippen LogP contribution in [0.3, 0.4) is 0 Å². The molecule has 0 spiro atoms. The highest BCUT2D eigenvalue weighted by molar-refractivity contribution is 9.10. The van der Waals surface area contributed by atoms with Gasteiger partial charge in [0.25, 0.3) is 11.8 Å². The van der Waals surface area contributed by atoms with Crippen molar-refractivity contribution in [2.75, 3.05) is 17.2 Å². The molecule has 0 aliphatic carbocycles. The van der Waals surface area contributed by atoms with Gasteiger partial charge in [-0.05, 0) is 73.2 Å². The molecule has 7 heteroatoms. The second kappa shape index (κ2) is 9.34. The van der Waals surface area contributed by atoms with E-state index < -0.39 is 0 Å². The van der Waals surface area contributed by atoms with Crippen molar-refractivity contribution < 1.29 is 18.7 Å². The van der Waals surface area contributed by atoms with E-state index in [1.54, 1.807) is 30.3 Å². The molecule has 0 saturated carbocycles. The molecule has 3 aromatic rings. The highest BCUT2D eigenvalue weighted by atomic mass is 79.9. The van der Waals surface area contributed by atoms with E-state index in [0.29, 0.717) is 22.7 Å². The first-order valence-corrected chi connectivity index (χ1v) is 9.56. The van der Waals surface area contributed by atoms with Gasteiger partial charge in [0.15, 0.2) is 6.61 Å². The predicted octanol–water partition coefficient (Wildman–Crippen LogP) is 5.17. The Morgan fingerprint density at radius 2 is 1.72 bits per heavy atom. The standard InChI is InChI=1S/C22H18BrFN2O3/c1-14-11-19(9-10-20(14)23)29-13-21(27)25-18-4-2-3-15(12-18)22(28)26-17-7-5-16(24)6-8-17/h2-12H,13H2,1H3,(H,25,27)(H,26,28). The topological polar surface area (TPSA) is 67.4 Å². The lowest BCUT2D eigenvalue weighted by atomic mass is 10.2. The van der Waals surface area contributed by atoms with Crippen molar-refractivity contribution >= 4 is 39.1 Å². The van der Waals surface area contributed by atoms with Crippen molar-refractivity contribution in [3.8, 4) is 5.75 Å². The lowest BCUT2D eigenvalue weighted by molar-refractivity contribution is -0.118. The van der Waals surface area contributed by atoms with Crippen molar-refractivity contribution in [3.63, 3.8) is 0 Å². The lowest BCUT2D eigenvalue weighted by Gasteiger charge is -2.10. The van der Waals surface area contributed by atoms with Crippen LogP contribution in [0, 0.1) is 12.7 Å². The summed E-state index contributed by atoms with van der Waals surface area (Å²) < 4.78 is 19.4. The van der Waals surface area contributed by atoms with Crippen molar-refractivity contribution in [2.24, 2.45) is 0 Å². The summed E-state index contributed by atoms with van der Waals surface area (Å²) in [6, 6.07) is 17.4. The fourth-order valence-corrected chi connectivity index (χ4v) is 2.77. The minimum Gasteiger partial charge on any atom is -0.484 e. The number of hydrogen-bond donors (Lipinski definition) is 2. The minimum atomic E-state index is -0.381. The molecule has 0 bridgehead atoms. The highest BCUT2D eigenvalue weighted by Gasteiger charge is 2.09. The summed E-state index contributed by atoms with van der Waals surface area (Å²) in [5, 5.41) is 5.38. The van der Waals surface area contributed by atoms with Gasteiger partial charge in [0.1, 0.15) is 11.6 Å². The largest absolute Gasteiger partial charge is 0.484 e. The van der Waals surface area contributed by atoms with Gasteiger partial charge in [0.2, 0.25) is 0 Å². The molecule has 0 aromatic heterocycles. The van der Waals surface area contributed by atoms with Gasteiger partial charge >= 0.3 is 0 Å². The van der Waals surface area contributed by atoms with Crippen LogP contribution in [0.2, 0.25) is 0 Å². The van der Waals surface area contributed by atoms with Crippen molar-refractivity contribution in [3.05, 3.63) is 88.1 Å². The Morgan fingerprint density at radius 1 is 0.966 bits per heavy atom. The summed E-state index contributed by atoms with van der Waals surface area (Å²) in [6.45, 7) is 1.77. The number of amides is 2. The summed E-state index contributed by atoms with van der Waals surface area (Å²) in [5.74, 6) is -0.502. The van der Waals surface area contributed by atoms with Gasteiger partial charge in [-0.2, -0.15) is 0 Å². The Balaban J connectivity index is 1.58. The number of rotatable bonds is 6.